The number of aliphatic imine (C=N–C) groups is 1. The summed E-state index contributed by atoms with van der Waals surface area (Å²) in [5.41, 5.74) is 7.32. The molecule has 0 heterocycles. The maximum absolute atomic E-state index is 12.0. The average molecular weight is 257 g/mol. The third kappa shape index (κ3) is 4.79. The lowest BCUT2D eigenvalue weighted by Crippen LogP contribution is -2.11. The Morgan fingerprint density at radius 3 is 2.42 bits per heavy atom. The normalized spacial score (nSPS) is 12.8. The molecule has 100 valence electrons. The van der Waals surface area contributed by atoms with E-state index >= 15 is 0 Å². The first-order valence-electron chi connectivity index (χ1n) is 5.96. The van der Waals surface area contributed by atoms with Crippen molar-refractivity contribution in [3.63, 3.8) is 0 Å². The van der Waals surface area contributed by atoms with Crippen LogP contribution in [0.4, 0.5) is 5.69 Å². The number of ketones is 1. The van der Waals surface area contributed by atoms with Crippen LogP contribution in [0.1, 0.15) is 6.92 Å². The Kier molecular flexibility index (Phi) is 5.54. The van der Waals surface area contributed by atoms with Crippen LogP contribution >= 0.6 is 0 Å². The minimum Gasteiger partial charge on any atom is -0.404 e. The summed E-state index contributed by atoms with van der Waals surface area (Å²) in [6.45, 7) is 1.77. The van der Waals surface area contributed by atoms with E-state index in [1.165, 1.54) is 12.3 Å². The van der Waals surface area contributed by atoms with Gasteiger partial charge in [-0.15, -0.1) is 0 Å². The fourth-order valence-corrected chi connectivity index (χ4v) is 1.44. The summed E-state index contributed by atoms with van der Waals surface area (Å²) in [6, 6.07) is 9.45. The molecule has 1 rings (SSSR count). The largest absolute Gasteiger partial charge is 0.404 e. The zero-order valence-corrected chi connectivity index (χ0v) is 11.5. The molecule has 2 N–H and O–H groups in total. The predicted molar refractivity (Wildman–Crippen MR) is 79.3 cm³/mol. The topological polar surface area (TPSA) is 58.7 Å². The average Bonchev–Trinajstić information content (AvgIpc) is 2.38. The Bertz CT molecular complexity index is 513. The summed E-state index contributed by atoms with van der Waals surface area (Å²) in [6.07, 6.45) is 4.45. The fourth-order valence-electron chi connectivity index (χ4n) is 1.44. The van der Waals surface area contributed by atoms with E-state index in [1.807, 2.05) is 44.4 Å². The molecule has 0 aromatic heterocycles. The number of nitrogens with two attached hydrogens (primary N) is 1. The molecule has 1 aromatic rings. The second kappa shape index (κ2) is 7.16. The lowest BCUT2D eigenvalue weighted by molar-refractivity contribution is -0.110. The lowest BCUT2D eigenvalue weighted by Gasteiger charge is -2.05. The van der Waals surface area contributed by atoms with Gasteiger partial charge < -0.3 is 10.6 Å². The van der Waals surface area contributed by atoms with E-state index < -0.39 is 0 Å². The van der Waals surface area contributed by atoms with Crippen molar-refractivity contribution >= 4 is 17.2 Å². The number of benzene rings is 1. The van der Waals surface area contributed by atoms with Gasteiger partial charge in [0.1, 0.15) is 0 Å². The van der Waals surface area contributed by atoms with Crippen LogP contribution < -0.4 is 5.73 Å². The first kappa shape index (κ1) is 14.7. The molecular formula is C15H19N3O. The van der Waals surface area contributed by atoms with Gasteiger partial charge in [-0.2, -0.15) is 0 Å². The molecule has 4 heteroatoms. The van der Waals surface area contributed by atoms with Crippen LogP contribution in [0.5, 0.6) is 0 Å². The second-order valence-electron chi connectivity index (χ2n) is 4.26. The third-order valence-corrected chi connectivity index (χ3v) is 2.40. The zero-order valence-electron chi connectivity index (χ0n) is 11.5. The van der Waals surface area contributed by atoms with Gasteiger partial charge in [-0.1, -0.05) is 18.2 Å². The molecule has 4 nitrogen and oxygen atoms in total. The van der Waals surface area contributed by atoms with Crippen LogP contribution in [0.2, 0.25) is 0 Å². The smallest absolute Gasteiger partial charge is 0.190 e. The predicted octanol–water partition coefficient (Wildman–Crippen LogP) is 2.27. The first-order valence-corrected chi connectivity index (χ1v) is 5.96. The molecule has 0 aliphatic carbocycles. The number of hydrogen-bond acceptors (Lipinski definition) is 4. The van der Waals surface area contributed by atoms with Gasteiger partial charge in [0.2, 0.25) is 0 Å². The van der Waals surface area contributed by atoms with Crippen molar-refractivity contribution in [3.8, 4) is 0 Å². The maximum atomic E-state index is 12.0. The number of allylic oxidation sites excluding steroid dienone is 2. The summed E-state index contributed by atoms with van der Waals surface area (Å²) in [5, 5.41) is 0. The molecule has 0 amide bonds. The quantitative estimate of drug-likeness (QED) is 0.650. The molecule has 19 heavy (non-hydrogen) atoms. The molecule has 0 aliphatic heterocycles. The monoisotopic (exact) mass is 257 g/mol. The Labute approximate surface area is 113 Å². The standard InChI is InChI=1S/C15H19N3O/c1-12(17-13-7-5-4-6-8-13)14(11-16)15(19)9-10-18(2)3/h4-11H,16H2,1-3H3/b10-9+,14-11?,17-12?. The molecule has 0 spiro atoms. The van der Waals surface area contributed by atoms with E-state index in [0.717, 1.165) is 5.69 Å². The number of rotatable bonds is 5. The molecule has 0 atom stereocenters. The summed E-state index contributed by atoms with van der Waals surface area (Å²) in [5.74, 6) is -0.159. The fraction of sp³-hybridized carbons (Fsp3) is 0.200. The number of carbonyl (C=O) groups is 1. The van der Waals surface area contributed by atoms with Crippen LogP contribution in [0, 0.1) is 0 Å². The summed E-state index contributed by atoms with van der Waals surface area (Å²) >= 11 is 0. The van der Waals surface area contributed by atoms with Crippen LogP contribution in [0.3, 0.4) is 0 Å². The SMILES string of the molecule is CC(=Nc1ccccc1)C(=CN)C(=O)/C=C/N(C)C. The molecule has 0 bridgehead atoms. The highest BCUT2D eigenvalue weighted by Gasteiger charge is 2.09. The van der Waals surface area contributed by atoms with Crippen molar-refractivity contribution in [1.82, 2.24) is 4.90 Å². The highest BCUT2D eigenvalue weighted by Crippen LogP contribution is 2.13. The van der Waals surface area contributed by atoms with Gasteiger partial charge in [0.15, 0.2) is 5.78 Å². The Morgan fingerprint density at radius 1 is 1.26 bits per heavy atom. The number of carbonyl (C=O) groups excluding carboxylic acids is 1. The molecular weight excluding hydrogens is 238 g/mol. The zero-order chi connectivity index (χ0) is 14.3. The van der Waals surface area contributed by atoms with Crippen molar-refractivity contribution in [3.05, 3.63) is 54.4 Å². The maximum Gasteiger partial charge on any atom is 0.190 e. The van der Waals surface area contributed by atoms with Gasteiger partial charge in [0.25, 0.3) is 0 Å². The Hall–Kier alpha value is -2.36. The minimum absolute atomic E-state index is 0.159. The lowest BCUT2D eigenvalue weighted by atomic mass is 10.1. The highest BCUT2D eigenvalue weighted by molar-refractivity contribution is 6.25. The van der Waals surface area contributed by atoms with Crippen molar-refractivity contribution in [2.45, 2.75) is 6.92 Å². The van der Waals surface area contributed by atoms with Gasteiger partial charge >= 0.3 is 0 Å². The van der Waals surface area contributed by atoms with Crippen LogP contribution in [0.25, 0.3) is 0 Å². The van der Waals surface area contributed by atoms with E-state index in [9.17, 15) is 4.79 Å². The van der Waals surface area contributed by atoms with Gasteiger partial charge in [-0.25, -0.2) is 0 Å². The third-order valence-electron chi connectivity index (χ3n) is 2.40. The van der Waals surface area contributed by atoms with E-state index in [2.05, 4.69) is 4.99 Å². The molecule has 0 radical (unpaired) electrons. The van der Waals surface area contributed by atoms with Crippen LogP contribution in [-0.4, -0.2) is 30.5 Å². The summed E-state index contributed by atoms with van der Waals surface area (Å²) in [7, 11) is 3.70. The molecule has 1 aromatic carbocycles. The first-order chi connectivity index (χ1) is 9.04. The molecule has 0 unspecified atom stereocenters. The van der Waals surface area contributed by atoms with Crippen molar-refractivity contribution in [1.29, 1.82) is 0 Å². The number of nitrogens with zero attached hydrogens (tertiary/aromatic N) is 2. The van der Waals surface area contributed by atoms with Gasteiger partial charge in [-0.05, 0) is 19.1 Å². The highest BCUT2D eigenvalue weighted by atomic mass is 16.1. The Balaban J connectivity index is 2.92. The van der Waals surface area contributed by atoms with Crippen LogP contribution in [0.15, 0.2) is 59.4 Å². The summed E-state index contributed by atoms with van der Waals surface area (Å²) in [4.78, 5) is 18.1. The van der Waals surface area contributed by atoms with Crippen molar-refractivity contribution < 1.29 is 4.79 Å². The van der Waals surface area contributed by atoms with Gasteiger partial charge in [-0.3, -0.25) is 9.79 Å². The van der Waals surface area contributed by atoms with E-state index in [-0.39, 0.29) is 5.78 Å². The second-order valence-corrected chi connectivity index (χ2v) is 4.26. The van der Waals surface area contributed by atoms with Gasteiger partial charge in [0.05, 0.1) is 17.0 Å². The van der Waals surface area contributed by atoms with E-state index in [1.54, 1.807) is 18.0 Å². The number of hydrogen-bond donors (Lipinski definition) is 1. The Morgan fingerprint density at radius 2 is 1.89 bits per heavy atom. The minimum atomic E-state index is -0.159. The molecule has 0 aliphatic rings. The molecule has 0 saturated carbocycles. The molecule has 0 fully saturated rings. The van der Waals surface area contributed by atoms with Crippen molar-refractivity contribution in [2.75, 3.05) is 14.1 Å². The van der Waals surface area contributed by atoms with Gasteiger partial charge in [0, 0.05) is 32.6 Å². The van der Waals surface area contributed by atoms with Crippen LogP contribution in [-0.2, 0) is 4.79 Å². The molecule has 0 saturated heterocycles. The van der Waals surface area contributed by atoms with E-state index in [4.69, 9.17) is 5.73 Å². The number of para-hydroxylation sites is 1. The van der Waals surface area contributed by atoms with Crippen molar-refractivity contribution in [2.24, 2.45) is 10.7 Å². The summed E-state index contributed by atoms with van der Waals surface area (Å²) < 4.78 is 0. The van der Waals surface area contributed by atoms with E-state index in [0.29, 0.717) is 11.3 Å².